The number of ketones is 1. The molecule has 4 N–H and O–H groups in total. The van der Waals surface area contributed by atoms with Crippen LogP contribution in [0.3, 0.4) is 0 Å². The highest BCUT2D eigenvalue weighted by atomic mass is 32.2. The Labute approximate surface area is 154 Å². The Hall–Kier alpha value is -2.67. The molecular formula is C13H13N5O6S2. The van der Waals surface area contributed by atoms with Crippen molar-refractivity contribution in [2.24, 2.45) is 5.16 Å². The molecule has 2 fully saturated rings. The molecule has 3 atom stereocenters. The molecule has 138 valence electrons. The van der Waals surface area contributed by atoms with Gasteiger partial charge in [0.2, 0.25) is 5.91 Å². The van der Waals surface area contributed by atoms with Gasteiger partial charge in [-0.2, -0.15) is 0 Å². The molecule has 0 radical (unpaired) electrons. The van der Waals surface area contributed by atoms with E-state index in [-0.39, 0.29) is 22.3 Å². The van der Waals surface area contributed by atoms with E-state index >= 15 is 0 Å². The molecule has 3 heterocycles. The second kappa shape index (κ2) is 6.92. The van der Waals surface area contributed by atoms with Crippen molar-refractivity contribution in [1.82, 2.24) is 15.2 Å². The smallest absolute Gasteiger partial charge is 0.334 e. The van der Waals surface area contributed by atoms with Gasteiger partial charge >= 0.3 is 5.97 Å². The van der Waals surface area contributed by atoms with Crippen molar-refractivity contribution < 1.29 is 29.1 Å². The van der Waals surface area contributed by atoms with Crippen molar-refractivity contribution in [3.05, 3.63) is 11.1 Å². The van der Waals surface area contributed by atoms with Crippen LogP contribution < -0.4 is 11.1 Å². The van der Waals surface area contributed by atoms with Gasteiger partial charge in [0.15, 0.2) is 22.7 Å². The number of oxime groups is 1. The van der Waals surface area contributed by atoms with Gasteiger partial charge in [-0.3, -0.25) is 14.4 Å². The van der Waals surface area contributed by atoms with Crippen molar-refractivity contribution in [2.45, 2.75) is 17.5 Å². The van der Waals surface area contributed by atoms with Crippen LogP contribution in [0.1, 0.15) is 5.69 Å². The fourth-order valence-corrected chi connectivity index (χ4v) is 4.43. The fraction of sp³-hybridized carbons (Fsp3) is 0.385. The minimum atomic E-state index is -1.52. The number of anilines is 1. The average molecular weight is 399 g/mol. The molecule has 26 heavy (non-hydrogen) atoms. The number of nitrogens with zero attached hydrogens (tertiary/aromatic N) is 3. The molecule has 2 unspecified atom stereocenters. The van der Waals surface area contributed by atoms with Crippen LogP contribution in [-0.4, -0.2) is 74.6 Å². The lowest BCUT2D eigenvalue weighted by molar-refractivity contribution is -0.165. The first kappa shape index (κ1) is 18.1. The number of carboxylic acid groups (broad SMARTS) is 1. The number of nitrogen functional groups attached to an aromatic ring is 1. The summed E-state index contributed by atoms with van der Waals surface area (Å²) in [5, 5.41) is 16.4. The molecule has 0 bridgehead atoms. The second-order valence-corrected chi connectivity index (χ2v) is 7.29. The molecule has 0 saturated carbocycles. The predicted octanol–water partition coefficient (Wildman–Crippen LogP) is -1.50. The Morgan fingerprint density at radius 3 is 2.81 bits per heavy atom. The molecule has 2 amide bonds. The third-order valence-corrected chi connectivity index (χ3v) is 5.71. The van der Waals surface area contributed by atoms with E-state index in [0.717, 1.165) is 28.0 Å². The summed E-state index contributed by atoms with van der Waals surface area (Å²) in [6.07, 6.45) is 0. The van der Waals surface area contributed by atoms with Gasteiger partial charge in [0, 0.05) is 5.38 Å². The van der Waals surface area contributed by atoms with Crippen LogP contribution in [0, 0.1) is 0 Å². The van der Waals surface area contributed by atoms with Crippen molar-refractivity contribution in [1.29, 1.82) is 0 Å². The highest BCUT2D eigenvalue weighted by Crippen LogP contribution is 2.36. The largest absolute Gasteiger partial charge is 0.479 e. The monoisotopic (exact) mass is 399 g/mol. The number of nitrogens with two attached hydrogens (primary N) is 1. The zero-order chi connectivity index (χ0) is 19.0. The first-order chi connectivity index (χ1) is 12.3. The van der Waals surface area contributed by atoms with Crippen LogP contribution >= 0.6 is 23.1 Å². The maximum atomic E-state index is 12.5. The van der Waals surface area contributed by atoms with Gasteiger partial charge in [-0.05, 0) is 0 Å². The van der Waals surface area contributed by atoms with Crippen LogP contribution in [0.15, 0.2) is 10.5 Å². The molecule has 13 heteroatoms. The van der Waals surface area contributed by atoms with E-state index in [4.69, 9.17) is 10.8 Å². The summed E-state index contributed by atoms with van der Waals surface area (Å²) >= 11 is 2.20. The van der Waals surface area contributed by atoms with Gasteiger partial charge < -0.3 is 25.9 Å². The SMILES string of the molecule is CON=C(C(=O)NC1C(=O)N2C(C(=O)O)C(=O)CS[C@@H]12)c1csc(N)n1. The Morgan fingerprint density at radius 1 is 1.50 bits per heavy atom. The fourth-order valence-electron chi connectivity index (χ4n) is 2.63. The number of fused-ring (bicyclic) bond motifs is 1. The van der Waals surface area contributed by atoms with Gasteiger partial charge in [0.1, 0.15) is 24.2 Å². The summed E-state index contributed by atoms with van der Waals surface area (Å²) < 4.78 is 0. The maximum Gasteiger partial charge on any atom is 0.334 e. The van der Waals surface area contributed by atoms with E-state index in [9.17, 15) is 19.2 Å². The number of nitrogens with one attached hydrogen (secondary N) is 1. The van der Waals surface area contributed by atoms with Crippen molar-refractivity contribution in [3.8, 4) is 0 Å². The number of thiazole rings is 1. The van der Waals surface area contributed by atoms with Crippen molar-refractivity contribution >= 4 is 57.5 Å². The first-order valence-electron chi connectivity index (χ1n) is 7.17. The number of hydrogen-bond acceptors (Lipinski definition) is 10. The van der Waals surface area contributed by atoms with E-state index < -0.39 is 41.0 Å². The van der Waals surface area contributed by atoms with Crippen molar-refractivity contribution in [2.75, 3.05) is 18.6 Å². The number of carboxylic acids is 1. The van der Waals surface area contributed by atoms with E-state index in [1.807, 2.05) is 0 Å². The summed E-state index contributed by atoms with van der Waals surface area (Å²) in [5.41, 5.74) is 5.56. The van der Waals surface area contributed by atoms with E-state index in [0.29, 0.717) is 0 Å². The van der Waals surface area contributed by atoms with E-state index in [1.165, 1.54) is 12.5 Å². The first-order valence-corrected chi connectivity index (χ1v) is 9.10. The molecule has 1 aromatic rings. The highest BCUT2D eigenvalue weighted by Gasteiger charge is 2.58. The summed E-state index contributed by atoms with van der Waals surface area (Å²) in [5.74, 6) is -3.38. The number of carbonyl (C=O) groups excluding carboxylic acids is 3. The molecule has 1 aromatic heterocycles. The number of β-lactam (4-membered cyclic amide) rings is 1. The van der Waals surface area contributed by atoms with E-state index in [2.05, 4.69) is 20.3 Å². The van der Waals surface area contributed by atoms with Gasteiger partial charge in [-0.15, -0.1) is 23.1 Å². The lowest BCUT2D eigenvalue weighted by atomic mass is 10.00. The quantitative estimate of drug-likeness (QED) is 0.231. The summed E-state index contributed by atoms with van der Waals surface area (Å²) in [6, 6.07) is -2.49. The van der Waals surface area contributed by atoms with Gasteiger partial charge in [-0.1, -0.05) is 5.16 Å². The second-order valence-electron chi connectivity index (χ2n) is 5.30. The van der Waals surface area contributed by atoms with Crippen molar-refractivity contribution in [3.63, 3.8) is 0 Å². The van der Waals surface area contributed by atoms with Gasteiger partial charge in [0.25, 0.3) is 5.91 Å². The van der Waals surface area contributed by atoms with Crippen LogP contribution in [0.4, 0.5) is 5.13 Å². The Balaban J connectivity index is 1.76. The number of amides is 2. The predicted molar refractivity (Wildman–Crippen MR) is 91.5 cm³/mol. The standard InChI is InChI=1S/C13H13N5O6S2/c1-24-17-6(4-2-26-13(14)15-4)9(20)16-7-10(21)18-8(12(22)23)5(19)3-25-11(7)18/h2,7-8,11H,3H2,1H3,(H2,14,15)(H,16,20)(H,22,23)/t7?,8?,11-/m0/s1. The third kappa shape index (κ3) is 2.99. The van der Waals surface area contributed by atoms with Gasteiger partial charge in [0.05, 0.1) is 5.75 Å². The van der Waals surface area contributed by atoms with Crippen LogP contribution in [0.5, 0.6) is 0 Å². The summed E-state index contributed by atoms with van der Waals surface area (Å²) in [6.45, 7) is 0. The number of thioether (sulfide) groups is 1. The Kier molecular flexibility index (Phi) is 4.82. The molecule has 0 spiro atoms. The molecule has 2 aliphatic heterocycles. The number of aliphatic carboxylic acids is 1. The minimum absolute atomic E-state index is 0.0561. The average Bonchev–Trinajstić information content (AvgIpc) is 3.02. The zero-order valence-electron chi connectivity index (χ0n) is 13.2. The molecule has 2 aliphatic rings. The lowest BCUT2D eigenvalue weighted by Gasteiger charge is -2.50. The van der Waals surface area contributed by atoms with E-state index in [1.54, 1.807) is 0 Å². The molecule has 0 aromatic carbocycles. The third-order valence-electron chi connectivity index (χ3n) is 3.74. The van der Waals surface area contributed by atoms with Crippen LogP contribution in [0.2, 0.25) is 0 Å². The highest BCUT2D eigenvalue weighted by molar-refractivity contribution is 8.00. The Morgan fingerprint density at radius 2 is 2.23 bits per heavy atom. The molecule has 2 saturated heterocycles. The topological polar surface area (TPSA) is 164 Å². The minimum Gasteiger partial charge on any atom is -0.479 e. The number of rotatable bonds is 5. The van der Waals surface area contributed by atoms with Crippen LogP contribution in [-0.2, 0) is 24.0 Å². The molecule has 11 nitrogen and oxygen atoms in total. The maximum absolute atomic E-state index is 12.5. The Bertz CT molecular complexity index is 824. The summed E-state index contributed by atoms with van der Waals surface area (Å²) in [7, 11) is 1.25. The lowest BCUT2D eigenvalue weighted by Crippen LogP contribution is -2.76. The number of aromatic nitrogens is 1. The molecule has 3 rings (SSSR count). The number of hydrogen-bond donors (Lipinski definition) is 3. The van der Waals surface area contributed by atoms with Gasteiger partial charge in [-0.25, -0.2) is 9.78 Å². The van der Waals surface area contributed by atoms with Crippen LogP contribution in [0.25, 0.3) is 0 Å². The number of carbonyl (C=O) groups is 4. The normalized spacial score (nSPS) is 25.3. The number of Topliss-reactive ketones (excluding diaryl/α,β-unsaturated/α-hetero) is 1. The summed E-state index contributed by atoms with van der Waals surface area (Å²) in [4.78, 5) is 57.3. The zero-order valence-corrected chi connectivity index (χ0v) is 14.9. The molecular weight excluding hydrogens is 386 g/mol. The molecule has 0 aliphatic carbocycles.